The minimum Gasteiger partial charge on any atom is -0.497 e. The molecule has 1 fully saturated rings. The van der Waals surface area contributed by atoms with E-state index in [1.165, 1.54) is 16.8 Å². The zero-order valence-electron chi connectivity index (χ0n) is 28.0. The Morgan fingerprint density at radius 3 is 2.43 bits per heavy atom. The first-order chi connectivity index (χ1) is 23.5. The van der Waals surface area contributed by atoms with Crippen LogP contribution in [0.4, 0.5) is 29.5 Å². The molecule has 11 nitrogen and oxygen atoms in total. The average Bonchev–Trinajstić information content (AvgIpc) is 3.65. The molecule has 0 saturated carbocycles. The quantitative estimate of drug-likeness (QED) is 0.0795. The van der Waals surface area contributed by atoms with Crippen molar-refractivity contribution in [2.45, 2.75) is 58.4 Å². The molecule has 6 rings (SSSR count). The van der Waals surface area contributed by atoms with Crippen molar-refractivity contribution in [3.05, 3.63) is 71.2 Å². The molecule has 2 aromatic carbocycles. The number of fused-ring (bicyclic) bond motifs is 2. The number of hydrogen-bond donors (Lipinski definition) is 0. The number of anilines is 2. The minimum atomic E-state index is -2.61. The van der Waals surface area contributed by atoms with Crippen LogP contribution in [-0.2, 0) is 35.7 Å². The molecular weight excluding hydrogens is 660 g/mol. The molecule has 1 saturated heterocycles. The summed E-state index contributed by atoms with van der Waals surface area (Å²) in [7, 11) is 0.185. The molecule has 3 aromatic heterocycles. The third kappa shape index (κ3) is 7.97. The number of morpholine rings is 1. The third-order valence-corrected chi connectivity index (χ3v) is 10.0. The molecule has 0 spiro atoms. The number of nitrogens with zero attached hydrogens (tertiary/aromatic N) is 8. The molecule has 0 amide bonds. The molecule has 0 radical (unpaired) electrons. The van der Waals surface area contributed by atoms with Gasteiger partial charge in [0.1, 0.15) is 23.8 Å². The highest BCUT2D eigenvalue weighted by Crippen LogP contribution is 2.28. The number of halogens is 4. The lowest BCUT2D eigenvalue weighted by Crippen LogP contribution is -2.38. The van der Waals surface area contributed by atoms with Crippen LogP contribution in [0.3, 0.4) is 0 Å². The van der Waals surface area contributed by atoms with Gasteiger partial charge in [-0.3, -0.25) is 0 Å². The van der Waals surface area contributed by atoms with Gasteiger partial charge in [0, 0.05) is 46.3 Å². The molecule has 0 N–H and O–H groups in total. The van der Waals surface area contributed by atoms with Gasteiger partial charge in [-0.2, -0.15) is 19.6 Å². The minimum absolute atomic E-state index is 0.0534. The number of ether oxygens (including phenoxy) is 3. The van der Waals surface area contributed by atoms with Crippen LogP contribution in [0.25, 0.3) is 16.7 Å². The predicted octanol–water partition coefficient (Wildman–Crippen LogP) is 5.92. The Balaban J connectivity index is 1.47. The van der Waals surface area contributed by atoms with Crippen molar-refractivity contribution in [1.29, 1.82) is 0 Å². The highest BCUT2D eigenvalue weighted by molar-refractivity contribution is 6.76. The van der Waals surface area contributed by atoms with E-state index in [1.807, 2.05) is 34.1 Å². The maximum absolute atomic E-state index is 15.2. The Kier molecular flexibility index (Phi) is 10.4. The highest BCUT2D eigenvalue weighted by atomic mass is 28.3. The second-order valence-corrected chi connectivity index (χ2v) is 18.8. The van der Waals surface area contributed by atoms with Gasteiger partial charge in [0.25, 0.3) is 0 Å². The molecule has 0 atom stereocenters. The first kappa shape index (κ1) is 34.6. The number of rotatable bonds is 14. The van der Waals surface area contributed by atoms with Gasteiger partial charge in [0.2, 0.25) is 18.3 Å². The molecule has 5 aromatic rings. The summed E-state index contributed by atoms with van der Waals surface area (Å²) in [5.41, 5.74) is 1.66. The highest BCUT2D eigenvalue weighted by Gasteiger charge is 2.26. The fourth-order valence-electron chi connectivity index (χ4n) is 5.62. The monoisotopic (exact) mass is 700 g/mol. The number of hydrogen-bond acceptors (Lipinski definition) is 9. The Labute approximate surface area is 282 Å². The number of benzene rings is 2. The summed E-state index contributed by atoms with van der Waals surface area (Å²) in [4.78, 5) is 18.0. The van der Waals surface area contributed by atoms with Crippen molar-refractivity contribution in [2.75, 3.05) is 49.8 Å². The van der Waals surface area contributed by atoms with E-state index in [4.69, 9.17) is 19.2 Å². The third-order valence-electron chi connectivity index (χ3n) is 8.34. The number of methoxy groups -OCH3 is 1. The van der Waals surface area contributed by atoms with Gasteiger partial charge < -0.3 is 28.6 Å². The lowest BCUT2D eigenvalue weighted by molar-refractivity contribution is 0.0878. The summed E-state index contributed by atoms with van der Waals surface area (Å²) in [6, 6.07) is 10.9. The summed E-state index contributed by atoms with van der Waals surface area (Å²) in [5, 5.41) is 4.46. The normalized spacial score (nSPS) is 14.0. The van der Waals surface area contributed by atoms with Crippen molar-refractivity contribution in [2.24, 2.45) is 0 Å². The van der Waals surface area contributed by atoms with Crippen molar-refractivity contribution >= 4 is 36.7 Å². The van der Waals surface area contributed by atoms with Crippen LogP contribution in [0, 0.1) is 11.6 Å². The maximum atomic E-state index is 15.2. The van der Waals surface area contributed by atoms with Gasteiger partial charge in [-0.05, 0) is 35.9 Å². The molecule has 16 heteroatoms. The molecule has 0 unspecified atom stereocenters. The van der Waals surface area contributed by atoms with Crippen LogP contribution >= 0.6 is 0 Å². The number of imidazole rings is 1. The number of alkyl halides is 2. The molecule has 4 heterocycles. The van der Waals surface area contributed by atoms with E-state index in [9.17, 15) is 13.2 Å². The Morgan fingerprint density at radius 2 is 1.73 bits per heavy atom. The van der Waals surface area contributed by atoms with Crippen molar-refractivity contribution in [3.63, 3.8) is 0 Å². The van der Waals surface area contributed by atoms with E-state index in [0.717, 1.165) is 17.7 Å². The van der Waals surface area contributed by atoms with E-state index in [0.29, 0.717) is 61.9 Å². The summed E-state index contributed by atoms with van der Waals surface area (Å²) in [6.07, 6.45) is -1.75. The second-order valence-electron chi connectivity index (χ2n) is 13.2. The van der Waals surface area contributed by atoms with Crippen LogP contribution in [0.15, 0.2) is 42.6 Å². The SMILES string of the molecule is COc1ccc(CN(Cc2nc3c(F)c(F)ccc3n2COCC[Si](C)(C)C)c2nc(N3CCOCC3)nc3c(CC(F)F)cnn23)cc1. The van der Waals surface area contributed by atoms with Crippen LogP contribution in [-0.4, -0.2) is 83.7 Å². The van der Waals surface area contributed by atoms with Crippen LogP contribution in [0.5, 0.6) is 5.75 Å². The molecule has 1 aliphatic rings. The standard InChI is InChI=1S/C33H40F4N8O3Si/c1-46-24-7-5-22(6-8-24)19-43(20-28-39-30-26(10-9-25(34)29(30)37)44(28)21-48-15-16-49(2,3)4)33-41-32(42-11-13-47-14-12-42)40-31-23(17-27(35)36)18-38-45(31)33/h5-10,18,27H,11-17,19-21H2,1-4H3. The zero-order chi connectivity index (χ0) is 34.7. The Bertz CT molecular complexity index is 1890. The lowest BCUT2D eigenvalue weighted by Gasteiger charge is -2.29. The van der Waals surface area contributed by atoms with Crippen molar-refractivity contribution in [3.8, 4) is 5.75 Å². The summed E-state index contributed by atoms with van der Waals surface area (Å²) >= 11 is 0. The van der Waals surface area contributed by atoms with Crippen molar-refractivity contribution in [1.82, 2.24) is 29.1 Å². The van der Waals surface area contributed by atoms with Gasteiger partial charge in [0.15, 0.2) is 17.3 Å². The predicted molar refractivity (Wildman–Crippen MR) is 180 cm³/mol. The molecule has 0 bridgehead atoms. The number of aromatic nitrogens is 6. The maximum Gasteiger partial charge on any atom is 0.242 e. The molecule has 262 valence electrons. The molecule has 49 heavy (non-hydrogen) atoms. The first-order valence-corrected chi connectivity index (χ1v) is 19.9. The van der Waals surface area contributed by atoms with Gasteiger partial charge in [0.05, 0.1) is 38.6 Å². The zero-order valence-corrected chi connectivity index (χ0v) is 29.0. The van der Waals surface area contributed by atoms with Crippen molar-refractivity contribution < 1.29 is 31.8 Å². The van der Waals surface area contributed by atoms with Crippen LogP contribution < -0.4 is 14.5 Å². The summed E-state index contributed by atoms with van der Waals surface area (Å²) < 4.78 is 77.1. The fourth-order valence-corrected chi connectivity index (χ4v) is 6.37. The molecular formula is C33H40F4N8O3Si. The van der Waals surface area contributed by atoms with E-state index >= 15 is 4.39 Å². The summed E-state index contributed by atoms with van der Waals surface area (Å²) in [6.45, 7) is 9.59. The van der Waals surface area contributed by atoms with E-state index in [-0.39, 0.29) is 36.5 Å². The molecule has 1 aliphatic heterocycles. The Morgan fingerprint density at radius 1 is 0.980 bits per heavy atom. The smallest absolute Gasteiger partial charge is 0.242 e. The van der Waals surface area contributed by atoms with E-state index in [1.54, 1.807) is 11.7 Å². The fraction of sp³-hybridized carbons (Fsp3) is 0.455. The van der Waals surface area contributed by atoms with Gasteiger partial charge in [-0.15, -0.1) is 0 Å². The van der Waals surface area contributed by atoms with Gasteiger partial charge in [-0.25, -0.2) is 22.5 Å². The first-order valence-electron chi connectivity index (χ1n) is 16.1. The van der Waals surface area contributed by atoms with Gasteiger partial charge >= 0.3 is 0 Å². The van der Waals surface area contributed by atoms with Crippen LogP contribution in [0.2, 0.25) is 25.7 Å². The van der Waals surface area contributed by atoms with E-state index < -0.39 is 32.6 Å². The molecule has 0 aliphatic carbocycles. The van der Waals surface area contributed by atoms with E-state index in [2.05, 4.69) is 34.7 Å². The van der Waals surface area contributed by atoms with Crippen LogP contribution in [0.1, 0.15) is 17.0 Å². The lowest BCUT2D eigenvalue weighted by atomic mass is 10.2. The Hall–Kier alpha value is -4.28. The van der Waals surface area contributed by atoms with Gasteiger partial charge in [-0.1, -0.05) is 31.8 Å². The topological polar surface area (TPSA) is 95.1 Å². The average molecular weight is 701 g/mol. The second kappa shape index (κ2) is 14.7. The largest absolute Gasteiger partial charge is 0.497 e. The summed E-state index contributed by atoms with van der Waals surface area (Å²) in [5.74, 6) is -0.336.